The van der Waals surface area contributed by atoms with Gasteiger partial charge in [0.15, 0.2) is 0 Å². The molecule has 1 aromatic carbocycles. The number of benzene rings is 1. The minimum atomic E-state index is -0.200. The van der Waals surface area contributed by atoms with Crippen molar-refractivity contribution in [3.63, 3.8) is 0 Å². The molecule has 1 unspecified atom stereocenters. The normalized spacial score (nSPS) is 24.2. The summed E-state index contributed by atoms with van der Waals surface area (Å²) >= 11 is 6.14. The maximum absolute atomic E-state index is 13.3. The lowest BCUT2D eigenvalue weighted by molar-refractivity contribution is 0.341. The summed E-state index contributed by atoms with van der Waals surface area (Å²) in [6, 6.07) is 4.64. The number of hydrogen-bond acceptors (Lipinski definition) is 1. The molecule has 0 aliphatic carbocycles. The van der Waals surface area contributed by atoms with Crippen LogP contribution in [-0.2, 0) is 6.42 Å². The third-order valence-corrected chi connectivity index (χ3v) is 3.97. The van der Waals surface area contributed by atoms with Gasteiger partial charge in [0.25, 0.3) is 0 Å². The molecule has 1 nitrogen and oxygen atoms in total. The first-order valence-corrected chi connectivity index (χ1v) is 6.72. The summed E-state index contributed by atoms with van der Waals surface area (Å²) in [5.41, 5.74) is 1.06. The molecule has 1 aromatic rings. The Morgan fingerprint density at radius 1 is 1.47 bits per heavy atom. The third kappa shape index (κ3) is 2.99. The lowest BCUT2D eigenvalue weighted by Crippen LogP contribution is -2.41. The first-order chi connectivity index (χ1) is 8.15. The Hall–Kier alpha value is -0.600. The van der Waals surface area contributed by atoms with E-state index in [2.05, 4.69) is 12.2 Å². The molecule has 17 heavy (non-hydrogen) atoms. The van der Waals surface area contributed by atoms with E-state index >= 15 is 0 Å². The molecule has 94 valence electrons. The largest absolute Gasteiger partial charge is 0.311 e. The Kier molecular flexibility index (Phi) is 4.05. The monoisotopic (exact) mass is 255 g/mol. The first kappa shape index (κ1) is 12.8. The smallest absolute Gasteiger partial charge is 0.123 e. The number of nitrogens with one attached hydrogen (secondary N) is 1. The minimum Gasteiger partial charge on any atom is -0.311 e. The van der Waals surface area contributed by atoms with Crippen molar-refractivity contribution in [2.24, 2.45) is 0 Å². The molecule has 1 aliphatic heterocycles. The van der Waals surface area contributed by atoms with Crippen LogP contribution in [0.4, 0.5) is 4.39 Å². The molecule has 0 radical (unpaired) electrons. The van der Waals surface area contributed by atoms with Crippen LogP contribution in [0.1, 0.15) is 38.2 Å². The van der Waals surface area contributed by atoms with Crippen molar-refractivity contribution in [3.8, 4) is 0 Å². The molecule has 0 bridgehead atoms. The summed E-state index contributed by atoms with van der Waals surface area (Å²) in [5, 5.41) is 4.26. The van der Waals surface area contributed by atoms with Crippen molar-refractivity contribution in [2.45, 2.75) is 44.6 Å². The maximum Gasteiger partial charge on any atom is 0.123 e. The van der Waals surface area contributed by atoms with Gasteiger partial charge in [-0.2, -0.15) is 0 Å². The van der Waals surface area contributed by atoms with Gasteiger partial charge in [-0.25, -0.2) is 4.39 Å². The van der Waals surface area contributed by atoms with Crippen LogP contribution >= 0.6 is 11.6 Å². The Balaban J connectivity index is 2.19. The zero-order valence-corrected chi connectivity index (χ0v) is 11.0. The zero-order valence-electron chi connectivity index (χ0n) is 10.2. The summed E-state index contributed by atoms with van der Waals surface area (Å²) < 4.78 is 13.3. The predicted octanol–water partition coefficient (Wildman–Crippen LogP) is 3.94. The van der Waals surface area contributed by atoms with Gasteiger partial charge in [-0.15, -0.1) is 0 Å². The summed E-state index contributed by atoms with van der Waals surface area (Å²) in [6.07, 6.45) is 5.46. The Morgan fingerprint density at radius 2 is 2.29 bits per heavy atom. The Labute approximate surface area is 107 Å². The van der Waals surface area contributed by atoms with Crippen LogP contribution in [0, 0.1) is 5.82 Å². The van der Waals surface area contributed by atoms with Gasteiger partial charge in [-0.1, -0.05) is 24.9 Å². The average molecular weight is 256 g/mol. The molecule has 1 aliphatic rings. The molecule has 1 saturated heterocycles. The van der Waals surface area contributed by atoms with Gasteiger partial charge in [-0.3, -0.25) is 0 Å². The second-order valence-corrected chi connectivity index (χ2v) is 5.38. The van der Waals surface area contributed by atoms with E-state index in [1.54, 1.807) is 12.1 Å². The van der Waals surface area contributed by atoms with Crippen molar-refractivity contribution in [1.29, 1.82) is 0 Å². The highest BCUT2D eigenvalue weighted by Crippen LogP contribution is 2.31. The van der Waals surface area contributed by atoms with Crippen LogP contribution in [0.2, 0.25) is 5.02 Å². The van der Waals surface area contributed by atoms with Gasteiger partial charge in [-0.05, 0) is 56.0 Å². The first-order valence-electron chi connectivity index (χ1n) is 6.34. The second kappa shape index (κ2) is 5.36. The van der Waals surface area contributed by atoms with E-state index in [0.717, 1.165) is 37.8 Å². The molecular weight excluding hydrogens is 237 g/mol. The van der Waals surface area contributed by atoms with Crippen molar-refractivity contribution < 1.29 is 4.39 Å². The third-order valence-electron chi connectivity index (χ3n) is 3.60. The SMILES string of the molecule is CCCC1(Cc2cc(F)ccc2Cl)CCCN1. The van der Waals surface area contributed by atoms with Crippen LogP contribution in [0.25, 0.3) is 0 Å². The summed E-state index contributed by atoms with van der Waals surface area (Å²) in [5.74, 6) is -0.200. The van der Waals surface area contributed by atoms with Crippen LogP contribution in [0.3, 0.4) is 0 Å². The lowest BCUT2D eigenvalue weighted by Gasteiger charge is -2.30. The van der Waals surface area contributed by atoms with E-state index in [1.807, 2.05) is 0 Å². The van der Waals surface area contributed by atoms with Crippen molar-refractivity contribution in [3.05, 3.63) is 34.6 Å². The summed E-state index contributed by atoms with van der Waals surface area (Å²) in [7, 11) is 0. The van der Waals surface area contributed by atoms with Crippen molar-refractivity contribution in [2.75, 3.05) is 6.54 Å². The molecule has 1 heterocycles. The molecule has 3 heteroatoms. The van der Waals surface area contributed by atoms with Crippen LogP contribution in [-0.4, -0.2) is 12.1 Å². The van der Waals surface area contributed by atoms with E-state index in [9.17, 15) is 4.39 Å². The van der Waals surface area contributed by atoms with Crippen molar-refractivity contribution >= 4 is 11.6 Å². The zero-order chi connectivity index (χ0) is 12.3. The highest BCUT2D eigenvalue weighted by Gasteiger charge is 2.33. The fourth-order valence-electron chi connectivity index (χ4n) is 2.84. The maximum atomic E-state index is 13.3. The molecule has 1 atom stereocenters. The fraction of sp³-hybridized carbons (Fsp3) is 0.571. The quantitative estimate of drug-likeness (QED) is 0.859. The molecule has 1 fully saturated rings. The highest BCUT2D eigenvalue weighted by atomic mass is 35.5. The van der Waals surface area contributed by atoms with E-state index in [-0.39, 0.29) is 11.4 Å². The molecule has 2 rings (SSSR count). The van der Waals surface area contributed by atoms with Gasteiger partial charge in [0.2, 0.25) is 0 Å². The molecule has 0 spiro atoms. The highest BCUT2D eigenvalue weighted by molar-refractivity contribution is 6.31. The Morgan fingerprint density at radius 3 is 2.94 bits per heavy atom. The number of halogens is 2. The molecule has 0 amide bonds. The summed E-state index contributed by atoms with van der Waals surface area (Å²) in [6.45, 7) is 3.25. The minimum absolute atomic E-state index is 0.131. The lowest BCUT2D eigenvalue weighted by atomic mass is 9.85. The number of hydrogen-bond donors (Lipinski definition) is 1. The van der Waals surface area contributed by atoms with Crippen LogP contribution < -0.4 is 5.32 Å². The standard InChI is InChI=1S/C14H19ClFN/c1-2-6-14(7-3-8-17-14)10-11-9-12(16)4-5-13(11)15/h4-5,9,17H,2-3,6-8,10H2,1H3. The van der Waals surface area contributed by atoms with E-state index in [1.165, 1.54) is 12.5 Å². The molecular formula is C14H19ClFN. The van der Waals surface area contributed by atoms with Gasteiger partial charge in [0, 0.05) is 10.6 Å². The van der Waals surface area contributed by atoms with Crippen LogP contribution in [0.5, 0.6) is 0 Å². The van der Waals surface area contributed by atoms with E-state index < -0.39 is 0 Å². The topological polar surface area (TPSA) is 12.0 Å². The van der Waals surface area contributed by atoms with Gasteiger partial charge in [0.1, 0.15) is 5.82 Å². The van der Waals surface area contributed by atoms with Gasteiger partial charge >= 0.3 is 0 Å². The molecule has 0 saturated carbocycles. The van der Waals surface area contributed by atoms with E-state index in [4.69, 9.17) is 11.6 Å². The fourth-order valence-corrected chi connectivity index (χ4v) is 3.03. The second-order valence-electron chi connectivity index (χ2n) is 4.97. The van der Waals surface area contributed by atoms with E-state index in [0.29, 0.717) is 5.02 Å². The Bertz CT molecular complexity index is 386. The predicted molar refractivity (Wildman–Crippen MR) is 70.0 cm³/mol. The van der Waals surface area contributed by atoms with Crippen molar-refractivity contribution in [1.82, 2.24) is 5.32 Å². The van der Waals surface area contributed by atoms with Gasteiger partial charge in [0.05, 0.1) is 0 Å². The molecule has 1 N–H and O–H groups in total. The molecule has 0 aromatic heterocycles. The van der Waals surface area contributed by atoms with Gasteiger partial charge < -0.3 is 5.32 Å². The van der Waals surface area contributed by atoms with Crippen LogP contribution in [0.15, 0.2) is 18.2 Å². The number of rotatable bonds is 4. The average Bonchev–Trinajstić information content (AvgIpc) is 2.73. The summed E-state index contributed by atoms with van der Waals surface area (Å²) in [4.78, 5) is 0.